The molecule has 0 spiro atoms. The Bertz CT molecular complexity index is 462. The minimum absolute atomic E-state index is 0. The van der Waals surface area contributed by atoms with E-state index in [1.165, 1.54) is 11.1 Å². The zero-order chi connectivity index (χ0) is 15.2. The van der Waals surface area contributed by atoms with E-state index in [0.29, 0.717) is 25.4 Å². The van der Waals surface area contributed by atoms with E-state index in [1.807, 2.05) is 0 Å². The topological polar surface area (TPSA) is 61.4 Å². The fourth-order valence-electron chi connectivity index (χ4n) is 2.59. The molecule has 1 fully saturated rings. The van der Waals surface area contributed by atoms with Gasteiger partial charge in [-0.05, 0) is 23.5 Å². The van der Waals surface area contributed by atoms with E-state index < -0.39 is 0 Å². The molecular weight excluding hydrogens is 300 g/mol. The molecule has 1 aromatic carbocycles. The van der Waals surface area contributed by atoms with E-state index in [1.54, 1.807) is 0 Å². The molecule has 2 rings (SSSR count). The first-order valence-electron chi connectivity index (χ1n) is 7.80. The predicted molar refractivity (Wildman–Crippen MR) is 91.5 cm³/mol. The second kappa shape index (κ2) is 9.13. The van der Waals surface area contributed by atoms with Crippen molar-refractivity contribution in [3.63, 3.8) is 0 Å². The Hall–Kier alpha value is -1.10. The lowest BCUT2D eigenvalue weighted by Crippen LogP contribution is -2.34. The van der Waals surface area contributed by atoms with E-state index >= 15 is 0 Å². The van der Waals surface area contributed by atoms with E-state index in [0.717, 1.165) is 13.0 Å². The number of halogens is 1. The van der Waals surface area contributed by atoms with E-state index in [9.17, 15) is 9.90 Å². The molecule has 0 saturated carbocycles. The zero-order valence-electron chi connectivity index (χ0n) is 13.3. The van der Waals surface area contributed by atoms with Crippen molar-refractivity contribution in [1.82, 2.24) is 10.6 Å². The van der Waals surface area contributed by atoms with Crippen LogP contribution in [0.15, 0.2) is 24.3 Å². The number of carbonyl (C=O) groups excluding carboxylic acids is 1. The monoisotopic (exact) mass is 326 g/mol. The van der Waals surface area contributed by atoms with Gasteiger partial charge in [0.25, 0.3) is 0 Å². The first-order chi connectivity index (χ1) is 10.1. The van der Waals surface area contributed by atoms with Crippen molar-refractivity contribution in [2.24, 2.45) is 5.92 Å². The van der Waals surface area contributed by atoms with Crippen LogP contribution in [0.25, 0.3) is 0 Å². The molecule has 1 aliphatic heterocycles. The molecule has 124 valence electrons. The number of rotatable bonds is 6. The second-order valence-electron chi connectivity index (χ2n) is 6.19. The quantitative estimate of drug-likeness (QED) is 0.748. The van der Waals surface area contributed by atoms with Gasteiger partial charge in [-0.15, -0.1) is 12.4 Å². The molecule has 0 aromatic heterocycles. The predicted octanol–water partition coefficient (Wildman–Crippen LogP) is 1.86. The van der Waals surface area contributed by atoms with Gasteiger partial charge in [0.15, 0.2) is 0 Å². The molecule has 5 heteroatoms. The number of benzene rings is 1. The van der Waals surface area contributed by atoms with Crippen LogP contribution in [0.2, 0.25) is 0 Å². The lowest BCUT2D eigenvalue weighted by Gasteiger charge is -2.14. The summed E-state index contributed by atoms with van der Waals surface area (Å²) in [6.07, 6.45) is 0.918. The van der Waals surface area contributed by atoms with Gasteiger partial charge in [-0.1, -0.05) is 38.1 Å². The number of hydrogen-bond acceptors (Lipinski definition) is 3. The SMILES string of the molecule is CC(C)c1ccc(CCC(=O)NCC2CNCC2O)cc1.Cl. The first-order valence-corrected chi connectivity index (χ1v) is 7.80. The van der Waals surface area contributed by atoms with Crippen LogP contribution in [0, 0.1) is 5.92 Å². The zero-order valence-corrected chi connectivity index (χ0v) is 14.2. The Morgan fingerprint density at radius 3 is 2.55 bits per heavy atom. The summed E-state index contributed by atoms with van der Waals surface area (Å²) >= 11 is 0. The molecule has 1 saturated heterocycles. The number of amides is 1. The Morgan fingerprint density at radius 1 is 1.32 bits per heavy atom. The highest BCUT2D eigenvalue weighted by Crippen LogP contribution is 2.15. The van der Waals surface area contributed by atoms with Gasteiger partial charge in [-0.2, -0.15) is 0 Å². The van der Waals surface area contributed by atoms with Crippen molar-refractivity contribution in [2.45, 2.75) is 38.7 Å². The van der Waals surface area contributed by atoms with Gasteiger partial charge < -0.3 is 15.7 Å². The summed E-state index contributed by atoms with van der Waals surface area (Å²) in [4.78, 5) is 11.8. The number of aryl methyl sites for hydroxylation is 1. The van der Waals surface area contributed by atoms with Crippen LogP contribution in [0.1, 0.15) is 37.3 Å². The van der Waals surface area contributed by atoms with Crippen molar-refractivity contribution in [3.8, 4) is 0 Å². The summed E-state index contributed by atoms with van der Waals surface area (Å²) in [6, 6.07) is 8.48. The molecule has 2 unspecified atom stereocenters. The van der Waals surface area contributed by atoms with Crippen molar-refractivity contribution >= 4 is 18.3 Å². The lowest BCUT2D eigenvalue weighted by atomic mass is 10.0. The summed E-state index contributed by atoms with van der Waals surface area (Å²) < 4.78 is 0. The van der Waals surface area contributed by atoms with Crippen molar-refractivity contribution < 1.29 is 9.90 Å². The average Bonchev–Trinajstić information content (AvgIpc) is 2.88. The van der Waals surface area contributed by atoms with Crippen LogP contribution in [0.5, 0.6) is 0 Å². The molecule has 0 radical (unpaired) electrons. The molecule has 0 aliphatic carbocycles. The maximum atomic E-state index is 11.8. The number of carbonyl (C=O) groups is 1. The van der Waals surface area contributed by atoms with Gasteiger partial charge in [0.2, 0.25) is 5.91 Å². The van der Waals surface area contributed by atoms with E-state index in [2.05, 4.69) is 48.7 Å². The molecule has 3 N–H and O–H groups in total. The summed E-state index contributed by atoms with van der Waals surface area (Å²) in [5, 5.41) is 15.7. The second-order valence-corrected chi connectivity index (χ2v) is 6.19. The summed E-state index contributed by atoms with van der Waals surface area (Å²) in [7, 11) is 0. The smallest absolute Gasteiger partial charge is 0.220 e. The average molecular weight is 327 g/mol. The molecule has 1 aromatic rings. The summed E-state index contributed by atoms with van der Waals surface area (Å²) in [5.74, 6) is 0.732. The van der Waals surface area contributed by atoms with Gasteiger partial charge in [0.05, 0.1) is 6.10 Å². The fourth-order valence-corrected chi connectivity index (χ4v) is 2.59. The highest BCUT2D eigenvalue weighted by atomic mass is 35.5. The number of nitrogens with one attached hydrogen (secondary N) is 2. The van der Waals surface area contributed by atoms with Crippen LogP contribution in [-0.2, 0) is 11.2 Å². The van der Waals surface area contributed by atoms with Crippen molar-refractivity contribution in [1.29, 1.82) is 0 Å². The van der Waals surface area contributed by atoms with Crippen LogP contribution in [0.3, 0.4) is 0 Å². The number of β-amino-alcohol motifs (C(OH)–C–C–N with tert-alkyl or cyclic N) is 1. The Balaban J connectivity index is 0.00000242. The molecule has 4 nitrogen and oxygen atoms in total. The molecule has 1 amide bonds. The Kier molecular flexibility index (Phi) is 7.87. The maximum Gasteiger partial charge on any atom is 0.220 e. The molecule has 2 atom stereocenters. The van der Waals surface area contributed by atoms with Crippen LogP contribution in [0.4, 0.5) is 0 Å². The number of hydrogen-bond donors (Lipinski definition) is 3. The van der Waals surface area contributed by atoms with Gasteiger partial charge in [0, 0.05) is 32.0 Å². The normalized spacial score (nSPS) is 20.7. The van der Waals surface area contributed by atoms with Gasteiger partial charge in [-0.3, -0.25) is 4.79 Å². The van der Waals surface area contributed by atoms with Crippen LogP contribution in [-0.4, -0.2) is 36.8 Å². The molecule has 22 heavy (non-hydrogen) atoms. The van der Waals surface area contributed by atoms with Gasteiger partial charge in [0.1, 0.15) is 0 Å². The number of aliphatic hydroxyl groups is 1. The van der Waals surface area contributed by atoms with Gasteiger partial charge >= 0.3 is 0 Å². The Morgan fingerprint density at radius 2 is 2.00 bits per heavy atom. The Labute approximate surface area is 139 Å². The summed E-state index contributed by atoms with van der Waals surface area (Å²) in [5.41, 5.74) is 2.52. The van der Waals surface area contributed by atoms with E-state index in [4.69, 9.17) is 0 Å². The third kappa shape index (κ3) is 5.59. The summed E-state index contributed by atoms with van der Waals surface area (Å²) in [6.45, 7) is 6.31. The van der Waals surface area contributed by atoms with Crippen LogP contribution >= 0.6 is 12.4 Å². The van der Waals surface area contributed by atoms with E-state index in [-0.39, 0.29) is 30.3 Å². The van der Waals surface area contributed by atoms with Crippen molar-refractivity contribution in [2.75, 3.05) is 19.6 Å². The molecule has 1 heterocycles. The first kappa shape index (κ1) is 18.9. The highest BCUT2D eigenvalue weighted by Gasteiger charge is 2.24. The van der Waals surface area contributed by atoms with Gasteiger partial charge in [-0.25, -0.2) is 0 Å². The molecular formula is C17H27ClN2O2. The third-order valence-electron chi connectivity index (χ3n) is 4.15. The lowest BCUT2D eigenvalue weighted by molar-refractivity contribution is -0.121. The standard InChI is InChI=1S/C17H26N2O2.ClH/c1-12(2)14-6-3-13(4-7-14)5-8-17(21)19-10-15-9-18-11-16(15)20;/h3-4,6-7,12,15-16,18,20H,5,8-11H2,1-2H3,(H,19,21);1H. The number of aliphatic hydroxyl groups excluding tert-OH is 1. The van der Waals surface area contributed by atoms with Crippen molar-refractivity contribution in [3.05, 3.63) is 35.4 Å². The minimum Gasteiger partial charge on any atom is -0.391 e. The largest absolute Gasteiger partial charge is 0.391 e. The third-order valence-corrected chi connectivity index (χ3v) is 4.15. The molecule has 0 bridgehead atoms. The minimum atomic E-state index is -0.339. The molecule has 1 aliphatic rings. The fraction of sp³-hybridized carbons (Fsp3) is 0.588. The van der Waals surface area contributed by atoms with Crippen LogP contribution < -0.4 is 10.6 Å². The maximum absolute atomic E-state index is 11.8. The highest BCUT2D eigenvalue weighted by molar-refractivity contribution is 5.85.